The number of nitrogens with zero attached hydrogens (tertiary/aromatic N) is 2. The molecule has 1 amide bonds. The Labute approximate surface area is 145 Å². The smallest absolute Gasteiger partial charge is 0.270 e. The monoisotopic (exact) mass is 352 g/mol. The number of carbonyl (C=O) groups is 1. The Hall–Kier alpha value is -1.85. The standard InChI is InChI=1S/C16H18Cl2N4O/c1-2-3-4-9-19-15(23)13-8-10-20-16(21-13)22-14-11(17)6-5-7-12(14)18/h5-8,10H,2-4,9H2,1H3,(H,19,23)(H,20,21,22). The lowest BCUT2D eigenvalue weighted by molar-refractivity contribution is 0.0948. The van der Waals surface area contributed by atoms with Crippen molar-refractivity contribution >= 4 is 40.7 Å². The number of carbonyl (C=O) groups excluding carboxylic acids is 1. The molecule has 0 saturated heterocycles. The second-order valence-corrected chi connectivity index (χ2v) is 5.76. The van der Waals surface area contributed by atoms with E-state index >= 15 is 0 Å². The first-order valence-corrected chi connectivity index (χ1v) is 8.19. The minimum atomic E-state index is -0.225. The van der Waals surface area contributed by atoms with Crippen molar-refractivity contribution in [2.24, 2.45) is 0 Å². The number of aromatic nitrogens is 2. The number of hydrogen-bond acceptors (Lipinski definition) is 4. The lowest BCUT2D eigenvalue weighted by Crippen LogP contribution is -2.25. The van der Waals surface area contributed by atoms with Crippen LogP contribution in [0, 0.1) is 0 Å². The molecule has 0 bridgehead atoms. The Morgan fingerprint density at radius 3 is 2.61 bits per heavy atom. The van der Waals surface area contributed by atoms with Crippen LogP contribution in [0.5, 0.6) is 0 Å². The summed E-state index contributed by atoms with van der Waals surface area (Å²) in [7, 11) is 0. The molecule has 0 fully saturated rings. The van der Waals surface area contributed by atoms with Crippen molar-refractivity contribution in [3.63, 3.8) is 0 Å². The van der Waals surface area contributed by atoms with Crippen molar-refractivity contribution in [2.45, 2.75) is 26.2 Å². The number of benzene rings is 1. The zero-order valence-corrected chi connectivity index (χ0v) is 14.3. The summed E-state index contributed by atoms with van der Waals surface area (Å²) in [4.78, 5) is 20.4. The predicted octanol–water partition coefficient (Wildman–Crippen LogP) is 4.45. The average Bonchev–Trinajstić information content (AvgIpc) is 2.55. The normalized spacial score (nSPS) is 10.4. The van der Waals surface area contributed by atoms with Gasteiger partial charge in [-0.3, -0.25) is 4.79 Å². The summed E-state index contributed by atoms with van der Waals surface area (Å²) >= 11 is 12.2. The van der Waals surface area contributed by atoms with Crippen LogP contribution in [0.1, 0.15) is 36.7 Å². The summed E-state index contributed by atoms with van der Waals surface area (Å²) in [6, 6.07) is 6.73. The van der Waals surface area contributed by atoms with Crippen LogP contribution in [0.15, 0.2) is 30.5 Å². The van der Waals surface area contributed by atoms with E-state index in [1.165, 1.54) is 6.20 Å². The number of nitrogens with one attached hydrogen (secondary N) is 2. The van der Waals surface area contributed by atoms with Gasteiger partial charge in [0.05, 0.1) is 15.7 Å². The number of unbranched alkanes of at least 4 members (excludes halogenated alkanes) is 2. The van der Waals surface area contributed by atoms with E-state index in [1.54, 1.807) is 24.3 Å². The number of anilines is 2. The SMILES string of the molecule is CCCCCNC(=O)c1ccnc(Nc2c(Cl)cccc2Cl)n1. The predicted molar refractivity (Wildman–Crippen MR) is 93.6 cm³/mol. The fourth-order valence-electron chi connectivity index (χ4n) is 1.94. The first kappa shape index (κ1) is 17.5. The molecule has 1 aromatic heterocycles. The van der Waals surface area contributed by atoms with Crippen LogP contribution in [0.3, 0.4) is 0 Å². The molecule has 122 valence electrons. The second-order valence-electron chi connectivity index (χ2n) is 4.95. The van der Waals surface area contributed by atoms with Crippen molar-refractivity contribution in [3.05, 3.63) is 46.2 Å². The molecule has 2 N–H and O–H groups in total. The molecule has 0 radical (unpaired) electrons. The quantitative estimate of drug-likeness (QED) is 0.722. The van der Waals surface area contributed by atoms with E-state index in [4.69, 9.17) is 23.2 Å². The number of halogens is 2. The van der Waals surface area contributed by atoms with E-state index in [-0.39, 0.29) is 11.9 Å². The molecule has 0 saturated carbocycles. The number of rotatable bonds is 7. The van der Waals surface area contributed by atoms with Crippen LogP contribution in [0.25, 0.3) is 0 Å². The Balaban J connectivity index is 2.06. The van der Waals surface area contributed by atoms with E-state index in [2.05, 4.69) is 27.5 Å². The highest BCUT2D eigenvalue weighted by molar-refractivity contribution is 6.39. The molecule has 0 spiro atoms. The molecule has 0 aliphatic heterocycles. The molecule has 23 heavy (non-hydrogen) atoms. The molecule has 2 rings (SSSR count). The van der Waals surface area contributed by atoms with E-state index in [1.807, 2.05) is 0 Å². The van der Waals surface area contributed by atoms with Crippen LogP contribution in [0.4, 0.5) is 11.6 Å². The average molecular weight is 353 g/mol. The Kier molecular flexibility index (Phi) is 6.62. The highest BCUT2D eigenvalue weighted by atomic mass is 35.5. The third-order valence-corrected chi connectivity index (χ3v) is 3.78. The summed E-state index contributed by atoms with van der Waals surface area (Å²) in [5, 5.41) is 6.69. The molecule has 0 aliphatic carbocycles. The van der Waals surface area contributed by atoms with Gasteiger partial charge in [0, 0.05) is 12.7 Å². The summed E-state index contributed by atoms with van der Waals surface area (Å²) < 4.78 is 0. The van der Waals surface area contributed by atoms with E-state index in [0.29, 0.717) is 28.0 Å². The van der Waals surface area contributed by atoms with Gasteiger partial charge in [-0.05, 0) is 24.6 Å². The molecule has 0 atom stereocenters. The van der Waals surface area contributed by atoms with Gasteiger partial charge in [0.1, 0.15) is 5.69 Å². The summed E-state index contributed by atoms with van der Waals surface area (Å²) in [5.74, 6) is 0.0398. The highest BCUT2D eigenvalue weighted by Gasteiger charge is 2.11. The zero-order valence-electron chi connectivity index (χ0n) is 12.8. The second kappa shape index (κ2) is 8.70. The molecule has 0 unspecified atom stereocenters. The minimum absolute atomic E-state index is 0.225. The molecule has 2 aromatic rings. The molecular weight excluding hydrogens is 335 g/mol. The van der Waals surface area contributed by atoms with Crippen molar-refractivity contribution < 1.29 is 4.79 Å². The van der Waals surface area contributed by atoms with Gasteiger partial charge in [0.2, 0.25) is 5.95 Å². The third kappa shape index (κ3) is 5.08. The van der Waals surface area contributed by atoms with Crippen molar-refractivity contribution in [2.75, 3.05) is 11.9 Å². The maximum Gasteiger partial charge on any atom is 0.270 e. The third-order valence-electron chi connectivity index (χ3n) is 3.15. The van der Waals surface area contributed by atoms with Crippen LogP contribution in [-0.4, -0.2) is 22.4 Å². The maximum absolute atomic E-state index is 12.1. The van der Waals surface area contributed by atoms with Gasteiger partial charge in [-0.25, -0.2) is 9.97 Å². The van der Waals surface area contributed by atoms with Gasteiger partial charge in [-0.15, -0.1) is 0 Å². The van der Waals surface area contributed by atoms with Gasteiger partial charge in [0.25, 0.3) is 5.91 Å². The molecule has 5 nitrogen and oxygen atoms in total. The van der Waals surface area contributed by atoms with E-state index < -0.39 is 0 Å². The van der Waals surface area contributed by atoms with Gasteiger partial charge in [-0.1, -0.05) is 49.0 Å². The molecule has 1 aromatic carbocycles. The van der Waals surface area contributed by atoms with E-state index in [9.17, 15) is 4.79 Å². The maximum atomic E-state index is 12.1. The number of para-hydroxylation sites is 1. The Morgan fingerprint density at radius 1 is 1.17 bits per heavy atom. The largest absolute Gasteiger partial charge is 0.351 e. The fourth-order valence-corrected chi connectivity index (χ4v) is 2.43. The summed E-state index contributed by atoms with van der Waals surface area (Å²) in [6.07, 6.45) is 4.66. The van der Waals surface area contributed by atoms with E-state index in [0.717, 1.165) is 19.3 Å². The van der Waals surface area contributed by atoms with Gasteiger partial charge in [0.15, 0.2) is 0 Å². The Morgan fingerprint density at radius 2 is 1.91 bits per heavy atom. The molecular formula is C16H18Cl2N4O. The van der Waals surface area contributed by atoms with Crippen LogP contribution in [0.2, 0.25) is 10.0 Å². The first-order chi connectivity index (χ1) is 11.1. The summed E-state index contributed by atoms with van der Waals surface area (Å²) in [5.41, 5.74) is 0.804. The lowest BCUT2D eigenvalue weighted by atomic mass is 10.2. The zero-order chi connectivity index (χ0) is 16.7. The lowest BCUT2D eigenvalue weighted by Gasteiger charge is -2.10. The van der Waals surface area contributed by atoms with Crippen molar-refractivity contribution in [1.29, 1.82) is 0 Å². The van der Waals surface area contributed by atoms with Gasteiger partial charge in [-0.2, -0.15) is 0 Å². The molecule has 0 aliphatic rings. The summed E-state index contributed by atoms with van der Waals surface area (Å²) in [6.45, 7) is 2.75. The van der Waals surface area contributed by atoms with Crippen LogP contribution < -0.4 is 10.6 Å². The molecule has 1 heterocycles. The van der Waals surface area contributed by atoms with Crippen LogP contribution >= 0.6 is 23.2 Å². The number of hydrogen-bond donors (Lipinski definition) is 2. The number of amides is 1. The van der Waals surface area contributed by atoms with Crippen LogP contribution in [-0.2, 0) is 0 Å². The van der Waals surface area contributed by atoms with Gasteiger partial charge >= 0.3 is 0 Å². The van der Waals surface area contributed by atoms with Gasteiger partial charge < -0.3 is 10.6 Å². The molecule has 7 heteroatoms. The minimum Gasteiger partial charge on any atom is -0.351 e. The fraction of sp³-hybridized carbons (Fsp3) is 0.312. The highest BCUT2D eigenvalue weighted by Crippen LogP contribution is 2.31. The Bertz CT molecular complexity index is 659. The van der Waals surface area contributed by atoms with Crippen molar-refractivity contribution in [3.8, 4) is 0 Å². The topological polar surface area (TPSA) is 66.9 Å². The first-order valence-electron chi connectivity index (χ1n) is 7.44. The van der Waals surface area contributed by atoms with Crippen molar-refractivity contribution in [1.82, 2.24) is 15.3 Å².